The number of rotatable bonds is 3. The number of halogens is 1. The largest absolute Gasteiger partial charge is 0.364 e. The summed E-state index contributed by atoms with van der Waals surface area (Å²) in [5.41, 5.74) is 1.12. The highest BCUT2D eigenvalue weighted by molar-refractivity contribution is 9.10. The summed E-state index contributed by atoms with van der Waals surface area (Å²) in [7, 11) is 1.97. The van der Waals surface area contributed by atoms with Gasteiger partial charge in [0.05, 0.1) is 23.0 Å². The first-order valence-corrected chi connectivity index (χ1v) is 5.36. The topological polar surface area (TPSA) is 42.7 Å². The SMILES string of the molecule is Cn1cncc1CNc1ncccc1Br. The minimum Gasteiger partial charge on any atom is -0.364 e. The Kier molecular flexibility index (Phi) is 3.01. The molecule has 2 aromatic heterocycles. The number of anilines is 1. The third-order valence-electron chi connectivity index (χ3n) is 2.11. The molecule has 0 aliphatic carbocycles. The average molecular weight is 267 g/mol. The fourth-order valence-corrected chi connectivity index (χ4v) is 1.64. The lowest BCUT2D eigenvalue weighted by molar-refractivity contribution is 0.835. The van der Waals surface area contributed by atoms with Crippen molar-refractivity contribution in [1.82, 2.24) is 14.5 Å². The number of imidazole rings is 1. The fourth-order valence-electron chi connectivity index (χ4n) is 1.24. The second kappa shape index (κ2) is 4.44. The second-order valence-electron chi connectivity index (χ2n) is 3.18. The third kappa shape index (κ3) is 2.36. The van der Waals surface area contributed by atoms with Gasteiger partial charge in [-0.25, -0.2) is 9.97 Å². The van der Waals surface area contributed by atoms with Gasteiger partial charge in [-0.1, -0.05) is 0 Å². The number of aromatic nitrogens is 3. The van der Waals surface area contributed by atoms with Crippen molar-refractivity contribution in [2.24, 2.45) is 7.05 Å². The lowest BCUT2D eigenvalue weighted by Gasteiger charge is -2.07. The minimum absolute atomic E-state index is 0.714. The van der Waals surface area contributed by atoms with E-state index in [2.05, 4.69) is 31.2 Å². The van der Waals surface area contributed by atoms with Gasteiger partial charge in [-0.15, -0.1) is 0 Å². The summed E-state index contributed by atoms with van der Waals surface area (Å²) in [6.07, 6.45) is 5.38. The van der Waals surface area contributed by atoms with Gasteiger partial charge in [-0.2, -0.15) is 0 Å². The molecule has 78 valence electrons. The Labute approximate surface area is 96.5 Å². The predicted molar refractivity (Wildman–Crippen MR) is 62.5 cm³/mol. The van der Waals surface area contributed by atoms with Crippen LogP contribution in [0.15, 0.2) is 35.3 Å². The second-order valence-corrected chi connectivity index (χ2v) is 4.04. The standard InChI is InChI=1S/C10H11BrN4/c1-15-7-12-5-8(15)6-14-10-9(11)3-2-4-13-10/h2-5,7H,6H2,1H3,(H,13,14). The molecule has 0 aromatic carbocycles. The highest BCUT2D eigenvalue weighted by atomic mass is 79.9. The number of hydrogen-bond donors (Lipinski definition) is 1. The van der Waals surface area contributed by atoms with E-state index in [1.165, 1.54) is 0 Å². The van der Waals surface area contributed by atoms with Crippen molar-refractivity contribution in [1.29, 1.82) is 0 Å². The van der Waals surface area contributed by atoms with Crippen LogP contribution in [0.4, 0.5) is 5.82 Å². The normalized spacial score (nSPS) is 10.3. The lowest BCUT2D eigenvalue weighted by atomic mass is 10.4. The average Bonchev–Trinajstić information content (AvgIpc) is 2.63. The molecular formula is C10H11BrN4. The summed E-state index contributed by atoms with van der Waals surface area (Å²) in [6.45, 7) is 0.714. The van der Waals surface area contributed by atoms with Crippen LogP contribution in [0.1, 0.15) is 5.69 Å². The van der Waals surface area contributed by atoms with Crippen LogP contribution in [0.5, 0.6) is 0 Å². The molecule has 1 N–H and O–H groups in total. The van der Waals surface area contributed by atoms with Gasteiger partial charge < -0.3 is 9.88 Å². The van der Waals surface area contributed by atoms with Crippen LogP contribution < -0.4 is 5.32 Å². The van der Waals surface area contributed by atoms with Crippen molar-refractivity contribution in [3.8, 4) is 0 Å². The van der Waals surface area contributed by atoms with E-state index in [-0.39, 0.29) is 0 Å². The highest BCUT2D eigenvalue weighted by Gasteiger charge is 2.01. The molecule has 2 aromatic rings. The molecule has 0 spiro atoms. The molecule has 5 heteroatoms. The minimum atomic E-state index is 0.714. The molecule has 0 radical (unpaired) electrons. The Balaban J connectivity index is 2.06. The Bertz CT molecular complexity index is 452. The molecule has 4 nitrogen and oxygen atoms in total. The molecule has 15 heavy (non-hydrogen) atoms. The molecular weight excluding hydrogens is 256 g/mol. The Morgan fingerprint density at radius 1 is 1.53 bits per heavy atom. The van der Waals surface area contributed by atoms with E-state index in [1.54, 1.807) is 12.5 Å². The van der Waals surface area contributed by atoms with Crippen molar-refractivity contribution in [3.63, 3.8) is 0 Å². The van der Waals surface area contributed by atoms with Crippen LogP contribution in [0.25, 0.3) is 0 Å². The molecule has 0 aliphatic heterocycles. The van der Waals surface area contributed by atoms with Gasteiger partial charge >= 0.3 is 0 Å². The number of pyridine rings is 1. The van der Waals surface area contributed by atoms with Crippen molar-refractivity contribution in [2.75, 3.05) is 5.32 Å². The fraction of sp³-hybridized carbons (Fsp3) is 0.200. The zero-order chi connectivity index (χ0) is 10.7. The number of nitrogens with zero attached hydrogens (tertiary/aromatic N) is 3. The lowest BCUT2D eigenvalue weighted by Crippen LogP contribution is -2.05. The molecule has 0 aliphatic rings. The van der Waals surface area contributed by atoms with Gasteiger partial charge in [0.15, 0.2) is 0 Å². The third-order valence-corrected chi connectivity index (χ3v) is 2.75. The molecule has 0 atom stereocenters. The highest BCUT2D eigenvalue weighted by Crippen LogP contribution is 2.18. The van der Waals surface area contributed by atoms with E-state index in [1.807, 2.05) is 29.9 Å². The molecule has 0 bridgehead atoms. The molecule has 0 saturated heterocycles. The van der Waals surface area contributed by atoms with Crippen molar-refractivity contribution in [3.05, 3.63) is 41.0 Å². The van der Waals surface area contributed by atoms with Crippen LogP contribution >= 0.6 is 15.9 Å². The van der Waals surface area contributed by atoms with Gasteiger partial charge in [-0.05, 0) is 28.1 Å². The van der Waals surface area contributed by atoms with Gasteiger partial charge in [0.2, 0.25) is 0 Å². The maximum absolute atomic E-state index is 4.22. The Hall–Kier alpha value is -1.36. The van der Waals surface area contributed by atoms with Crippen LogP contribution in [0.2, 0.25) is 0 Å². The summed E-state index contributed by atoms with van der Waals surface area (Å²) < 4.78 is 2.94. The van der Waals surface area contributed by atoms with Crippen molar-refractivity contribution in [2.45, 2.75) is 6.54 Å². The molecule has 0 saturated carbocycles. The maximum atomic E-state index is 4.22. The van der Waals surface area contributed by atoms with Crippen molar-refractivity contribution >= 4 is 21.7 Å². The zero-order valence-electron chi connectivity index (χ0n) is 8.31. The van der Waals surface area contributed by atoms with E-state index in [4.69, 9.17) is 0 Å². The molecule has 0 amide bonds. The Morgan fingerprint density at radius 2 is 2.40 bits per heavy atom. The number of aryl methyl sites for hydroxylation is 1. The first kappa shape index (κ1) is 10.2. The van der Waals surface area contributed by atoms with Gasteiger partial charge in [0, 0.05) is 19.4 Å². The Morgan fingerprint density at radius 3 is 3.07 bits per heavy atom. The predicted octanol–water partition coefficient (Wildman–Crippen LogP) is 2.19. The monoisotopic (exact) mass is 266 g/mol. The van der Waals surface area contributed by atoms with Gasteiger partial charge in [-0.3, -0.25) is 0 Å². The van der Waals surface area contributed by atoms with E-state index >= 15 is 0 Å². The molecule has 0 fully saturated rings. The summed E-state index contributed by atoms with van der Waals surface area (Å²) in [5, 5.41) is 3.24. The first-order chi connectivity index (χ1) is 7.27. The van der Waals surface area contributed by atoms with Crippen LogP contribution in [0.3, 0.4) is 0 Å². The van der Waals surface area contributed by atoms with Crippen LogP contribution in [-0.2, 0) is 13.6 Å². The van der Waals surface area contributed by atoms with E-state index < -0.39 is 0 Å². The summed E-state index contributed by atoms with van der Waals surface area (Å²) in [4.78, 5) is 8.27. The van der Waals surface area contributed by atoms with Crippen molar-refractivity contribution < 1.29 is 0 Å². The zero-order valence-corrected chi connectivity index (χ0v) is 9.90. The van der Waals surface area contributed by atoms with Crippen LogP contribution in [0, 0.1) is 0 Å². The van der Waals surface area contributed by atoms with E-state index in [0.717, 1.165) is 16.0 Å². The summed E-state index contributed by atoms with van der Waals surface area (Å²) >= 11 is 3.43. The van der Waals surface area contributed by atoms with E-state index in [9.17, 15) is 0 Å². The molecule has 2 rings (SSSR count). The van der Waals surface area contributed by atoms with Crippen LogP contribution in [-0.4, -0.2) is 14.5 Å². The molecule has 0 unspecified atom stereocenters. The smallest absolute Gasteiger partial charge is 0.140 e. The summed E-state index contributed by atoms with van der Waals surface area (Å²) in [5.74, 6) is 0.846. The van der Waals surface area contributed by atoms with Gasteiger partial charge in [0.1, 0.15) is 5.82 Å². The van der Waals surface area contributed by atoms with E-state index in [0.29, 0.717) is 6.54 Å². The van der Waals surface area contributed by atoms with Gasteiger partial charge in [0.25, 0.3) is 0 Å². The first-order valence-electron chi connectivity index (χ1n) is 4.57. The summed E-state index contributed by atoms with van der Waals surface area (Å²) in [6, 6.07) is 3.85. The number of hydrogen-bond acceptors (Lipinski definition) is 3. The molecule has 2 heterocycles. The number of nitrogens with one attached hydrogen (secondary N) is 1. The quantitative estimate of drug-likeness (QED) is 0.926. The maximum Gasteiger partial charge on any atom is 0.140 e.